The van der Waals surface area contributed by atoms with Crippen molar-refractivity contribution in [2.45, 2.75) is 25.2 Å². The van der Waals surface area contributed by atoms with E-state index in [1.807, 2.05) is 12.1 Å². The lowest BCUT2D eigenvalue weighted by molar-refractivity contribution is 0.609. The third kappa shape index (κ3) is 1.55. The van der Waals surface area contributed by atoms with Gasteiger partial charge in [-0.3, -0.25) is 0 Å². The first-order chi connectivity index (χ1) is 6.73. The lowest BCUT2D eigenvalue weighted by Gasteiger charge is -2.15. The number of alkyl halides is 1. The first-order valence-electron chi connectivity index (χ1n) is 5.05. The van der Waals surface area contributed by atoms with Gasteiger partial charge >= 0.3 is 0 Å². The first kappa shape index (κ1) is 10.3. The van der Waals surface area contributed by atoms with Gasteiger partial charge in [0.1, 0.15) is 0 Å². The van der Waals surface area contributed by atoms with Crippen LogP contribution in [0.1, 0.15) is 25.3 Å². The van der Waals surface area contributed by atoms with Crippen molar-refractivity contribution in [3.05, 3.63) is 34.9 Å². The first-order valence-corrected chi connectivity index (χ1v) is 5.96. The molecule has 1 aromatic carbocycles. The Morgan fingerprint density at radius 3 is 2.79 bits per heavy atom. The van der Waals surface area contributed by atoms with E-state index in [4.69, 9.17) is 23.2 Å². The van der Waals surface area contributed by atoms with Crippen molar-refractivity contribution in [2.24, 2.45) is 5.92 Å². The van der Waals surface area contributed by atoms with Crippen molar-refractivity contribution in [3.8, 4) is 0 Å². The molecule has 0 aliphatic heterocycles. The number of hydrogen-bond acceptors (Lipinski definition) is 0. The second-order valence-electron chi connectivity index (χ2n) is 4.08. The maximum atomic E-state index is 5.99. The van der Waals surface area contributed by atoms with Crippen LogP contribution >= 0.6 is 23.2 Å². The van der Waals surface area contributed by atoms with Crippen LogP contribution in [-0.2, 0) is 5.41 Å². The minimum Gasteiger partial charge on any atom is -0.126 e. The van der Waals surface area contributed by atoms with Crippen LogP contribution in [0.3, 0.4) is 0 Å². The van der Waals surface area contributed by atoms with E-state index in [0.29, 0.717) is 11.3 Å². The predicted molar refractivity (Wildman–Crippen MR) is 62.2 cm³/mol. The van der Waals surface area contributed by atoms with Crippen molar-refractivity contribution in [1.29, 1.82) is 0 Å². The van der Waals surface area contributed by atoms with Gasteiger partial charge in [-0.25, -0.2) is 0 Å². The van der Waals surface area contributed by atoms with Crippen molar-refractivity contribution in [3.63, 3.8) is 0 Å². The van der Waals surface area contributed by atoms with Gasteiger partial charge in [0.2, 0.25) is 0 Å². The Hall–Kier alpha value is -0.200. The number of hydrogen-bond donors (Lipinski definition) is 0. The molecule has 1 aliphatic carbocycles. The highest BCUT2D eigenvalue weighted by atomic mass is 35.5. The zero-order valence-corrected chi connectivity index (χ0v) is 9.78. The Bertz CT molecular complexity index is 335. The summed E-state index contributed by atoms with van der Waals surface area (Å²) in [5.74, 6) is 1.41. The standard InChI is InChI=1S/C12H14Cl2/c1-2-12(7-10(12)8-13)9-4-3-5-11(14)6-9/h3-6,10H,2,7-8H2,1H3. The zero-order valence-electron chi connectivity index (χ0n) is 8.26. The minimum atomic E-state index is 0.326. The van der Waals surface area contributed by atoms with Gasteiger partial charge in [0.15, 0.2) is 0 Å². The van der Waals surface area contributed by atoms with Gasteiger partial charge in [0.05, 0.1) is 0 Å². The van der Waals surface area contributed by atoms with E-state index >= 15 is 0 Å². The summed E-state index contributed by atoms with van der Waals surface area (Å²) in [7, 11) is 0. The molecule has 0 heterocycles. The van der Waals surface area contributed by atoms with Crippen molar-refractivity contribution < 1.29 is 0 Å². The third-order valence-corrected chi connectivity index (χ3v) is 4.06. The Morgan fingerprint density at radius 1 is 1.50 bits per heavy atom. The van der Waals surface area contributed by atoms with Crippen LogP contribution in [0, 0.1) is 5.92 Å². The average Bonchev–Trinajstić information content (AvgIpc) is 2.93. The van der Waals surface area contributed by atoms with Crippen LogP contribution in [-0.4, -0.2) is 5.88 Å². The molecule has 0 spiro atoms. The second kappa shape index (κ2) is 3.75. The Kier molecular flexibility index (Phi) is 2.77. The Balaban J connectivity index is 2.30. The van der Waals surface area contributed by atoms with Gasteiger partial charge in [-0.2, -0.15) is 0 Å². The highest BCUT2D eigenvalue weighted by Gasteiger charge is 2.52. The molecule has 1 aromatic rings. The van der Waals surface area contributed by atoms with Crippen molar-refractivity contribution in [2.75, 3.05) is 5.88 Å². The smallest absolute Gasteiger partial charge is 0.0408 e. The molecule has 0 amide bonds. The summed E-state index contributed by atoms with van der Waals surface area (Å²) in [6.45, 7) is 2.23. The zero-order chi connectivity index (χ0) is 10.2. The molecular formula is C12H14Cl2. The Labute approximate surface area is 95.2 Å². The van der Waals surface area contributed by atoms with Crippen molar-refractivity contribution >= 4 is 23.2 Å². The normalized spacial score (nSPS) is 30.4. The summed E-state index contributed by atoms with van der Waals surface area (Å²) < 4.78 is 0. The lowest BCUT2D eigenvalue weighted by atomic mass is 9.91. The number of benzene rings is 1. The summed E-state index contributed by atoms with van der Waals surface area (Å²) >= 11 is 11.9. The summed E-state index contributed by atoms with van der Waals surface area (Å²) in [6, 6.07) is 8.20. The summed E-state index contributed by atoms with van der Waals surface area (Å²) in [6.07, 6.45) is 2.37. The molecule has 0 saturated heterocycles. The maximum absolute atomic E-state index is 5.99. The molecule has 2 atom stereocenters. The average molecular weight is 229 g/mol. The van der Waals surface area contributed by atoms with Crippen LogP contribution in [0.2, 0.25) is 5.02 Å². The van der Waals surface area contributed by atoms with Crippen LogP contribution in [0.15, 0.2) is 24.3 Å². The fourth-order valence-corrected chi connectivity index (χ4v) is 2.97. The number of rotatable bonds is 3. The molecule has 0 radical (unpaired) electrons. The van der Waals surface area contributed by atoms with Gasteiger partial charge in [0, 0.05) is 10.9 Å². The monoisotopic (exact) mass is 228 g/mol. The highest BCUT2D eigenvalue weighted by Crippen LogP contribution is 2.57. The van der Waals surface area contributed by atoms with Crippen LogP contribution < -0.4 is 0 Å². The molecule has 2 heteroatoms. The minimum absolute atomic E-state index is 0.326. The SMILES string of the molecule is CCC1(c2cccc(Cl)c2)CC1CCl. The summed E-state index contributed by atoms with van der Waals surface area (Å²) in [5, 5.41) is 0.829. The van der Waals surface area contributed by atoms with E-state index < -0.39 is 0 Å². The van der Waals surface area contributed by atoms with Crippen molar-refractivity contribution in [1.82, 2.24) is 0 Å². The fourth-order valence-electron chi connectivity index (χ4n) is 2.37. The van der Waals surface area contributed by atoms with E-state index in [0.717, 1.165) is 17.3 Å². The summed E-state index contributed by atoms with van der Waals surface area (Å²) in [5.41, 5.74) is 1.69. The van der Waals surface area contributed by atoms with Crippen LogP contribution in [0.5, 0.6) is 0 Å². The fraction of sp³-hybridized carbons (Fsp3) is 0.500. The number of halogens is 2. The molecule has 0 aromatic heterocycles. The van der Waals surface area contributed by atoms with Gasteiger partial charge in [-0.1, -0.05) is 30.7 Å². The largest absolute Gasteiger partial charge is 0.126 e. The molecule has 1 saturated carbocycles. The highest BCUT2D eigenvalue weighted by molar-refractivity contribution is 6.30. The van der Waals surface area contributed by atoms with Crippen LogP contribution in [0.4, 0.5) is 0 Å². The second-order valence-corrected chi connectivity index (χ2v) is 4.82. The molecule has 2 unspecified atom stereocenters. The van der Waals surface area contributed by atoms with Gasteiger partial charge in [0.25, 0.3) is 0 Å². The van der Waals surface area contributed by atoms with E-state index in [-0.39, 0.29) is 0 Å². The summed E-state index contributed by atoms with van der Waals surface area (Å²) in [4.78, 5) is 0. The molecule has 76 valence electrons. The van der Waals surface area contributed by atoms with Crippen LogP contribution in [0.25, 0.3) is 0 Å². The lowest BCUT2D eigenvalue weighted by Crippen LogP contribution is -2.09. The molecule has 0 nitrogen and oxygen atoms in total. The third-order valence-electron chi connectivity index (χ3n) is 3.45. The molecule has 14 heavy (non-hydrogen) atoms. The van der Waals surface area contributed by atoms with Gasteiger partial charge in [-0.05, 0) is 41.9 Å². The molecule has 1 fully saturated rings. The molecule has 2 rings (SSSR count). The van der Waals surface area contributed by atoms with Gasteiger partial charge in [-0.15, -0.1) is 11.6 Å². The topological polar surface area (TPSA) is 0 Å². The van der Waals surface area contributed by atoms with E-state index in [2.05, 4.69) is 19.1 Å². The Morgan fingerprint density at radius 2 is 2.29 bits per heavy atom. The molecule has 0 bridgehead atoms. The van der Waals surface area contributed by atoms with Gasteiger partial charge < -0.3 is 0 Å². The van der Waals surface area contributed by atoms with E-state index in [1.54, 1.807) is 0 Å². The van der Waals surface area contributed by atoms with E-state index in [1.165, 1.54) is 12.0 Å². The quantitative estimate of drug-likeness (QED) is 0.680. The predicted octanol–water partition coefficient (Wildman–Crippen LogP) is 4.25. The molecule has 1 aliphatic rings. The van der Waals surface area contributed by atoms with E-state index in [9.17, 15) is 0 Å². The maximum Gasteiger partial charge on any atom is 0.0408 e. The molecule has 0 N–H and O–H groups in total. The molecular weight excluding hydrogens is 215 g/mol.